The molecule has 208 valence electrons. The lowest BCUT2D eigenvalue weighted by Gasteiger charge is -2.32. The van der Waals surface area contributed by atoms with E-state index in [0.717, 1.165) is 4.31 Å². The van der Waals surface area contributed by atoms with Gasteiger partial charge in [-0.05, 0) is 73.9 Å². The summed E-state index contributed by atoms with van der Waals surface area (Å²) in [5, 5.41) is 3.98. The van der Waals surface area contributed by atoms with Crippen molar-refractivity contribution in [2.45, 2.75) is 44.7 Å². The van der Waals surface area contributed by atoms with E-state index >= 15 is 0 Å². The van der Waals surface area contributed by atoms with E-state index in [-0.39, 0.29) is 17.3 Å². The minimum absolute atomic E-state index is 0.0215. The Hall–Kier alpha value is -2.78. The van der Waals surface area contributed by atoms with Crippen LogP contribution in [0.1, 0.15) is 31.4 Å². The second-order valence-electron chi connectivity index (χ2n) is 8.98. The van der Waals surface area contributed by atoms with Crippen molar-refractivity contribution in [3.63, 3.8) is 0 Å². The van der Waals surface area contributed by atoms with Gasteiger partial charge in [-0.15, -0.1) is 0 Å². The second kappa shape index (κ2) is 13.5. The summed E-state index contributed by atoms with van der Waals surface area (Å²) >= 11 is 18.6. The first-order valence-corrected chi connectivity index (χ1v) is 14.9. The van der Waals surface area contributed by atoms with Crippen LogP contribution in [-0.2, 0) is 26.2 Å². The van der Waals surface area contributed by atoms with Crippen LogP contribution >= 0.6 is 34.8 Å². The average Bonchev–Trinajstić information content (AvgIpc) is 2.90. The van der Waals surface area contributed by atoms with Crippen LogP contribution in [-0.4, -0.2) is 44.3 Å². The maximum Gasteiger partial charge on any atom is 0.264 e. The molecule has 0 saturated heterocycles. The smallest absolute Gasteiger partial charge is 0.264 e. The molecule has 7 nitrogen and oxygen atoms in total. The third kappa shape index (κ3) is 7.66. The molecule has 3 aromatic rings. The lowest BCUT2D eigenvalue weighted by atomic mass is 10.1. The van der Waals surface area contributed by atoms with Crippen LogP contribution in [0.4, 0.5) is 5.69 Å². The molecule has 3 aromatic carbocycles. The molecule has 0 spiro atoms. The fraction of sp³-hybridized carbons (Fsp3) is 0.286. The molecule has 0 saturated carbocycles. The molecule has 3 rings (SSSR count). The lowest BCUT2D eigenvalue weighted by Crippen LogP contribution is -2.51. The van der Waals surface area contributed by atoms with Crippen molar-refractivity contribution < 1.29 is 18.0 Å². The van der Waals surface area contributed by atoms with Crippen molar-refractivity contribution in [2.24, 2.45) is 0 Å². The molecule has 1 unspecified atom stereocenters. The van der Waals surface area contributed by atoms with Crippen molar-refractivity contribution in [3.05, 3.63) is 92.9 Å². The number of anilines is 1. The van der Waals surface area contributed by atoms with Crippen LogP contribution in [0.5, 0.6) is 0 Å². The number of aryl methyl sites for hydroxylation is 1. The first kappa shape index (κ1) is 30.8. The number of halogens is 3. The minimum Gasteiger partial charge on any atom is -0.354 e. The summed E-state index contributed by atoms with van der Waals surface area (Å²) in [6.45, 7) is 5.07. The predicted octanol–water partition coefficient (Wildman–Crippen LogP) is 6.09. The number of carbonyl (C=O) groups excluding carboxylic acids is 2. The molecule has 0 heterocycles. The molecular formula is C28H30Cl3N3O4S. The van der Waals surface area contributed by atoms with Gasteiger partial charge in [0.15, 0.2) is 0 Å². The highest BCUT2D eigenvalue weighted by molar-refractivity contribution is 7.92. The highest BCUT2D eigenvalue weighted by Crippen LogP contribution is 2.30. The molecule has 0 bridgehead atoms. The molecule has 0 radical (unpaired) electrons. The van der Waals surface area contributed by atoms with Crippen molar-refractivity contribution in [1.82, 2.24) is 10.2 Å². The van der Waals surface area contributed by atoms with Gasteiger partial charge in [-0.3, -0.25) is 13.9 Å². The standard InChI is InChI=1S/C28H30Cl3N3O4S/c1-4-14-32-28(36)20(3)33(17-21-10-11-23(30)16-25(21)31)27(35)18-34(26-13-12-22(29)15-19(26)2)39(37,38)24-8-6-5-7-9-24/h5-13,15-16,20H,4,14,17-18H2,1-3H3,(H,32,36). The number of benzene rings is 3. The molecule has 11 heteroatoms. The van der Waals surface area contributed by atoms with Crippen molar-refractivity contribution in [2.75, 3.05) is 17.4 Å². The molecule has 39 heavy (non-hydrogen) atoms. The summed E-state index contributed by atoms with van der Waals surface area (Å²) in [5.74, 6) is -0.954. The second-order valence-corrected chi connectivity index (χ2v) is 12.1. The summed E-state index contributed by atoms with van der Waals surface area (Å²) in [7, 11) is -4.17. The highest BCUT2D eigenvalue weighted by atomic mass is 35.5. The Morgan fingerprint density at radius 1 is 0.949 bits per heavy atom. The molecule has 2 amide bonds. The summed E-state index contributed by atoms with van der Waals surface area (Å²) in [6, 6.07) is 16.5. The zero-order chi connectivity index (χ0) is 28.7. The van der Waals surface area contributed by atoms with Crippen LogP contribution in [0.3, 0.4) is 0 Å². The zero-order valence-electron chi connectivity index (χ0n) is 21.8. The maximum absolute atomic E-state index is 13.9. The normalized spacial score (nSPS) is 12.1. The van der Waals surface area contributed by atoms with E-state index in [1.165, 1.54) is 17.0 Å². The number of sulfonamides is 1. The van der Waals surface area contributed by atoms with E-state index in [9.17, 15) is 18.0 Å². The first-order chi connectivity index (χ1) is 18.4. The molecule has 0 aliphatic rings. The molecule has 0 fully saturated rings. The van der Waals surface area contributed by atoms with Crippen molar-refractivity contribution >= 4 is 62.3 Å². The quantitative estimate of drug-likeness (QED) is 0.285. The lowest BCUT2D eigenvalue weighted by molar-refractivity contribution is -0.139. The Labute approximate surface area is 244 Å². The van der Waals surface area contributed by atoms with Gasteiger partial charge >= 0.3 is 0 Å². The van der Waals surface area contributed by atoms with Gasteiger partial charge in [0.25, 0.3) is 10.0 Å². The summed E-state index contributed by atoms with van der Waals surface area (Å²) in [6.07, 6.45) is 0.717. The fourth-order valence-corrected chi connectivity index (χ4v) is 6.14. The van der Waals surface area contributed by atoms with Gasteiger partial charge in [-0.25, -0.2) is 8.42 Å². The van der Waals surface area contributed by atoms with Crippen LogP contribution in [0.15, 0.2) is 71.6 Å². The van der Waals surface area contributed by atoms with E-state index in [4.69, 9.17) is 34.8 Å². The number of hydrogen-bond acceptors (Lipinski definition) is 4. The fourth-order valence-electron chi connectivity index (χ4n) is 3.94. The number of hydrogen-bond donors (Lipinski definition) is 1. The molecule has 0 aliphatic heterocycles. The topological polar surface area (TPSA) is 86.8 Å². The molecule has 0 aromatic heterocycles. The Morgan fingerprint density at radius 2 is 1.59 bits per heavy atom. The van der Waals surface area contributed by atoms with Crippen LogP contribution in [0.2, 0.25) is 15.1 Å². The van der Waals surface area contributed by atoms with Gasteiger partial charge in [0.1, 0.15) is 12.6 Å². The average molecular weight is 611 g/mol. The van der Waals surface area contributed by atoms with Gasteiger partial charge < -0.3 is 10.2 Å². The van der Waals surface area contributed by atoms with E-state index < -0.39 is 28.5 Å². The van der Waals surface area contributed by atoms with Gasteiger partial charge in [0, 0.05) is 28.2 Å². The Morgan fingerprint density at radius 3 is 2.21 bits per heavy atom. The number of rotatable bonds is 11. The molecule has 1 atom stereocenters. The zero-order valence-corrected chi connectivity index (χ0v) is 24.9. The summed E-state index contributed by atoms with van der Waals surface area (Å²) < 4.78 is 28.7. The molecule has 1 N–H and O–H groups in total. The monoisotopic (exact) mass is 609 g/mol. The highest BCUT2D eigenvalue weighted by Gasteiger charge is 2.33. The Balaban J connectivity index is 2.06. The number of amides is 2. The third-order valence-corrected chi connectivity index (χ3v) is 8.71. The third-order valence-electron chi connectivity index (χ3n) is 6.11. The molecular weight excluding hydrogens is 581 g/mol. The largest absolute Gasteiger partial charge is 0.354 e. The Kier molecular flexibility index (Phi) is 10.7. The van der Waals surface area contributed by atoms with Gasteiger partial charge in [0.05, 0.1) is 10.6 Å². The number of nitrogens with zero attached hydrogens (tertiary/aromatic N) is 2. The summed E-state index contributed by atoms with van der Waals surface area (Å²) in [5.41, 5.74) is 1.42. The van der Waals surface area contributed by atoms with E-state index in [1.54, 1.807) is 68.4 Å². The molecule has 0 aliphatic carbocycles. The van der Waals surface area contributed by atoms with Crippen LogP contribution < -0.4 is 9.62 Å². The van der Waals surface area contributed by atoms with Crippen LogP contribution in [0, 0.1) is 6.92 Å². The Bertz CT molecular complexity index is 1440. The van der Waals surface area contributed by atoms with Gasteiger partial charge in [0.2, 0.25) is 11.8 Å². The van der Waals surface area contributed by atoms with Gasteiger partial charge in [-0.2, -0.15) is 0 Å². The minimum atomic E-state index is -4.17. The van der Waals surface area contributed by atoms with Gasteiger partial charge in [-0.1, -0.05) is 66.0 Å². The number of carbonyl (C=O) groups is 2. The SMILES string of the molecule is CCCNC(=O)C(C)N(Cc1ccc(Cl)cc1Cl)C(=O)CN(c1ccc(Cl)cc1C)S(=O)(=O)c1ccccc1. The van der Waals surface area contributed by atoms with E-state index in [2.05, 4.69) is 5.32 Å². The predicted molar refractivity (Wildman–Crippen MR) is 157 cm³/mol. The number of nitrogens with one attached hydrogen (secondary N) is 1. The van der Waals surface area contributed by atoms with Crippen LogP contribution in [0.25, 0.3) is 0 Å². The van der Waals surface area contributed by atoms with E-state index in [0.29, 0.717) is 44.8 Å². The van der Waals surface area contributed by atoms with Crippen molar-refractivity contribution in [1.29, 1.82) is 0 Å². The van der Waals surface area contributed by atoms with E-state index in [1.807, 2.05) is 6.92 Å². The summed E-state index contributed by atoms with van der Waals surface area (Å²) in [4.78, 5) is 28.2. The first-order valence-electron chi connectivity index (χ1n) is 12.3. The van der Waals surface area contributed by atoms with Crippen molar-refractivity contribution in [3.8, 4) is 0 Å². The maximum atomic E-state index is 13.9.